The molecule has 1 saturated heterocycles. The van der Waals surface area contributed by atoms with Crippen LogP contribution in [0.1, 0.15) is 34.5 Å². The van der Waals surface area contributed by atoms with E-state index in [1.807, 2.05) is 0 Å². The van der Waals surface area contributed by atoms with Crippen molar-refractivity contribution in [1.29, 1.82) is 0 Å². The molecule has 1 amide bonds. The molecule has 1 N–H and O–H groups in total. The molecule has 1 aliphatic heterocycles. The van der Waals surface area contributed by atoms with Crippen molar-refractivity contribution in [1.82, 2.24) is 4.98 Å². The number of anilines is 2. The molecule has 0 unspecified atom stereocenters. The summed E-state index contributed by atoms with van der Waals surface area (Å²) in [6.07, 6.45) is -2.31. The molecule has 1 fully saturated rings. The van der Waals surface area contributed by atoms with Gasteiger partial charge in [-0.3, -0.25) is 4.79 Å². The minimum absolute atomic E-state index is 0.0149. The Bertz CT molecular complexity index is 1190. The summed E-state index contributed by atoms with van der Waals surface area (Å²) in [4.78, 5) is 31.3. The number of halogens is 3. The van der Waals surface area contributed by atoms with E-state index in [1.54, 1.807) is 23.6 Å². The van der Waals surface area contributed by atoms with E-state index in [2.05, 4.69) is 15.2 Å². The maximum atomic E-state index is 12.8. The van der Waals surface area contributed by atoms with Gasteiger partial charge in [-0.1, -0.05) is 12.1 Å². The molecule has 2 heterocycles. The number of thiazole rings is 1. The summed E-state index contributed by atoms with van der Waals surface area (Å²) in [6, 6.07) is 9.84. The number of amides is 1. The molecule has 0 spiro atoms. The molecule has 3 aromatic rings. The lowest BCUT2D eigenvalue weighted by Gasteiger charge is -2.22. The first-order valence-electron chi connectivity index (χ1n) is 10.6. The molecule has 0 radical (unpaired) electrons. The number of esters is 1. The summed E-state index contributed by atoms with van der Waals surface area (Å²) in [7, 11) is 1.30. The van der Waals surface area contributed by atoms with Crippen molar-refractivity contribution in [3.63, 3.8) is 0 Å². The fourth-order valence-corrected chi connectivity index (χ4v) is 4.62. The second-order valence-corrected chi connectivity index (χ2v) is 8.72. The molecule has 1 aromatic heterocycles. The maximum Gasteiger partial charge on any atom is 0.416 e. The second-order valence-electron chi connectivity index (χ2n) is 7.86. The van der Waals surface area contributed by atoms with Gasteiger partial charge >= 0.3 is 12.1 Å². The third kappa shape index (κ3) is 5.39. The summed E-state index contributed by atoms with van der Waals surface area (Å²) in [5, 5.41) is 5.12. The summed E-state index contributed by atoms with van der Waals surface area (Å²) in [5.41, 5.74) is 2.01. The molecule has 0 aliphatic carbocycles. The van der Waals surface area contributed by atoms with Crippen molar-refractivity contribution < 1.29 is 27.5 Å². The van der Waals surface area contributed by atoms with Crippen molar-refractivity contribution in [3.05, 3.63) is 64.7 Å². The Balaban J connectivity index is 1.49. The summed E-state index contributed by atoms with van der Waals surface area (Å²) in [6.45, 7) is 1.73. The van der Waals surface area contributed by atoms with Gasteiger partial charge in [0.15, 0.2) is 0 Å². The zero-order valence-corrected chi connectivity index (χ0v) is 19.1. The lowest BCUT2D eigenvalue weighted by Crippen LogP contribution is -2.22. The van der Waals surface area contributed by atoms with E-state index in [4.69, 9.17) is 4.74 Å². The minimum Gasteiger partial charge on any atom is -0.465 e. The zero-order valence-electron chi connectivity index (χ0n) is 18.3. The summed E-state index contributed by atoms with van der Waals surface area (Å²) in [5.74, 6) is -0.809. The van der Waals surface area contributed by atoms with Gasteiger partial charge in [-0.15, -0.1) is 11.3 Å². The van der Waals surface area contributed by atoms with E-state index < -0.39 is 17.7 Å². The van der Waals surface area contributed by atoms with E-state index in [0.29, 0.717) is 27.5 Å². The average molecular weight is 490 g/mol. The molecule has 34 heavy (non-hydrogen) atoms. The van der Waals surface area contributed by atoms with E-state index in [9.17, 15) is 22.8 Å². The molecule has 6 nitrogen and oxygen atoms in total. The monoisotopic (exact) mass is 489 g/mol. The molecule has 0 bridgehead atoms. The number of hydrogen-bond donors (Lipinski definition) is 1. The highest BCUT2D eigenvalue weighted by Gasteiger charge is 2.30. The van der Waals surface area contributed by atoms with Crippen LogP contribution in [0.4, 0.5) is 24.5 Å². The van der Waals surface area contributed by atoms with E-state index in [-0.39, 0.29) is 12.3 Å². The highest BCUT2D eigenvalue weighted by atomic mass is 32.1. The van der Waals surface area contributed by atoms with Crippen LogP contribution >= 0.6 is 11.3 Å². The van der Waals surface area contributed by atoms with Gasteiger partial charge in [-0.2, -0.15) is 13.2 Å². The highest BCUT2D eigenvalue weighted by Crippen LogP contribution is 2.33. The van der Waals surface area contributed by atoms with Crippen LogP contribution in [-0.2, 0) is 22.1 Å². The smallest absolute Gasteiger partial charge is 0.416 e. The summed E-state index contributed by atoms with van der Waals surface area (Å²) >= 11 is 1.26. The zero-order chi connectivity index (χ0) is 24.3. The summed E-state index contributed by atoms with van der Waals surface area (Å²) < 4.78 is 43.1. The Morgan fingerprint density at radius 3 is 2.47 bits per heavy atom. The Kier molecular flexibility index (Phi) is 6.87. The van der Waals surface area contributed by atoms with Gasteiger partial charge < -0.3 is 15.0 Å². The van der Waals surface area contributed by atoms with Crippen LogP contribution in [-0.4, -0.2) is 37.1 Å². The number of alkyl halides is 3. The second kappa shape index (κ2) is 9.84. The number of aromatic nitrogens is 1. The number of hydrogen-bond acceptors (Lipinski definition) is 6. The number of nitrogens with zero attached hydrogens (tertiary/aromatic N) is 2. The van der Waals surface area contributed by atoms with E-state index in [1.165, 1.54) is 30.6 Å². The number of rotatable bonds is 6. The number of benzene rings is 2. The van der Waals surface area contributed by atoms with Crippen molar-refractivity contribution in [2.45, 2.75) is 25.4 Å². The molecule has 1 aliphatic rings. The Morgan fingerprint density at radius 1 is 1.12 bits per heavy atom. The van der Waals surface area contributed by atoms with Crippen molar-refractivity contribution in [2.75, 3.05) is 30.4 Å². The molecule has 0 saturated carbocycles. The Hall–Kier alpha value is -3.40. The predicted molar refractivity (Wildman–Crippen MR) is 124 cm³/mol. The predicted octanol–water partition coefficient (Wildman–Crippen LogP) is 5.40. The molecule has 178 valence electrons. The SMILES string of the molecule is COC(=O)c1ccc(N2CCCC2)c(NC(=O)Cc2csc(-c3ccc(C(F)(F)F)cc3)n2)c1. The van der Waals surface area contributed by atoms with E-state index >= 15 is 0 Å². The van der Waals surface area contributed by atoms with Gasteiger partial charge in [0.25, 0.3) is 0 Å². The van der Waals surface area contributed by atoms with Crippen LogP contribution < -0.4 is 10.2 Å². The third-order valence-corrected chi connectivity index (χ3v) is 6.43. The van der Waals surface area contributed by atoms with Crippen molar-refractivity contribution in [2.24, 2.45) is 0 Å². The van der Waals surface area contributed by atoms with Crippen LogP contribution in [0.3, 0.4) is 0 Å². The van der Waals surface area contributed by atoms with E-state index in [0.717, 1.165) is 43.8 Å². The largest absolute Gasteiger partial charge is 0.465 e. The van der Waals surface area contributed by atoms with Gasteiger partial charge in [0.2, 0.25) is 5.91 Å². The van der Waals surface area contributed by atoms with Crippen LogP contribution in [0.2, 0.25) is 0 Å². The number of nitrogens with one attached hydrogen (secondary N) is 1. The first-order valence-corrected chi connectivity index (χ1v) is 11.5. The highest BCUT2D eigenvalue weighted by molar-refractivity contribution is 7.13. The lowest BCUT2D eigenvalue weighted by molar-refractivity contribution is -0.137. The normalized spacial score (nSPS) is 13.7. The van der Waals surface area contributed by atoms with Gasteiger partial charge in [-0.25, -0.2) is 9.78 Å². The van der Waals surface area contributed by atoms with Crippen LogP contribution in [0.5, 0.6) is 0 Å². The van der Waals surface area contributed by atoms with Gasteiger partial charge in [0.05, 0.1) is 41.7 Å². The number of carbonyl (C=O) groups is 2. The Morgan fingerprint density at radius 2 is 1.82 bits per heavy atom. The fraction of sp³-hybridized carbons (Fsp3) is 0.292. The Labute approximate surface area is 198 Å². The first kappa shape index (κ1) is 23.7. The van der Waals surface area contributed by atoms with Crippen LogP contribution in [0.25, 0.3) is 10.6 Å². The standard InChI is InChI=1S/C24H22F3N3O3S/c1-33-23(32)16-6-9-20(30-10-2-3-11-30)19(12-16)29-21(31)13-18-14-34-22(28-18)15-4-7-17(8-5-15)24(25,26)27/h4-9,12,14H,2-3,10-11,13H2,1H3,(H,29,31). The molecular formula is C24H22F3N3O3S. The number of carbonyl (C=O) groups excluding carboxylic acids is 2. The number of methoxy groups -OCH3 is 1. The van der Waals surface area contributed by atoms with Crippen LogP contribution in [0, 0.1) is 0 Å². The quantitative estimate of drug-likeness (QED) is 0.470. The first-order chi connectivity index (χ1) is 16.2. The van der Waals surface area contributed by atoms with Crippen molar-refractivity contribution >= 4 is 34.6 Å². The van der Waals surface area contributed by atoms with Crippen LogP contribution in [0.15, 0.2) is 47.8 Å². The molecular weight excluding hydrogens is 467 g/mol. The van der Waals surface area contributed by atoms with Gasteiger partial charge in [-0.05, 0) is 43.2 Å². The topological polar surface area (TPSA) is 71.5 Å². The van der Waals surface area contributed by atoms with Gasteiger partial charge in [0, 0.05) is 24.0 Å². The van der Waals surface area contributed by atoms with Crippen molar-refractivity contribution in [3.8, 4) is 10.6 Å². The average Bonchev–Trinajstić information content (AvgIpc) is 3.50. The molecule has 0 atom stereocenters. The fourth-order valence-electron chi connectivity index (χ4n) is 3.80. The molecule has 4 rings (SSSR count). The molecule has 2 aromatic carbocycles. The third-order valence-electron chi connectivity index (χ3n) is 5.49. The maximum absolute atomic E-state index is 12.8. The lowest BCUT2D eigenvalue weighted by atomic mass is 10.1. The molecule has 10 heteroatoms. The number of ether oxygens (including phenoxy) is 1. The van der Waals surface area contributed by atoms with Gasteiger partial charge in [0.1, 0.15) is 5.01 Å². The minimum atomic E-state index is -4.40.